The van der Waals surface area contributed by atoms with Crippen molar-refractivity contribution < 1.29 is 4.79 Å². The molecular formula is C12H25N3O. The van der Waals surface area contributed by atoms with Gasteiger partial charge in [0.25, 0.3) is 0 Å². The molecule has 2 atom stereocenters. The molecule has 94 valence electrons. The smallest absolute Gasteiger partial charge is 0.315 e. The van der Waals surface area contributed by atoms with Crippen molar-refractivity contribution in [3.63, 3.8) is 0 Å². The molecule has 2 amide bonds. The second kappa shape index (κ2) is 5.53. The van der Waals surface area contributed by atoms with Crippen molar-refractivity contribution in [2.75, 3.05) is 6.54 Å². The molecule has 0 radical (unpaired) electrons. The van der Waals surface area contributed by atoms with E-state index in [4.69, 9.17) is 5.73 Å². The molecule has 4 nitrogen and oxygen atoms in total. The van der Waals surface area contributed by atoms with Crippen LogP contribution >= 0.6 is 0 Å². The zero-order valence-electron chi connectivity index (χ0n) is 10.7. The maximum Gasteiger partial charge on any atom is 0.315 e. The minimum atomic E-state index is -0.129. The van der Waals surface area contributed by atoms with Crippen LogP contribution in [0.15, 0.2) is 0 Å². The van der Waals surface area contributed by atoms with Crippen LogP contribution in [0.3, 0.4) is 0 Å². The Morgan fingerprint density at radius 2 is 2.12 bits per heavy atom. The fraction of sp³-hybridized carbons (Fsp3) is 0.917. The van der Waals surface area contributed by atoms with E-state index in [9.17, 15) is 4.79 Å². The summed E-state index contributed by atoms with van der Waals surface area (Å²) < 4.78 is 0. The van der Waals surface area contributed by atoms with Gasteiger partial charge in [-0.1, -0.05) is 6.92 Å². The minimum absolute atomic E-state index is 0.0627. The summed E-state index contributed by atoms with van der Waals surface area (Å²) in [6, 6.07) is 0.272. The summed E-state index contributed by atoms with van der Waals surface area (Å²) >= 11 is 0. The first-order chi connectivity index (χ1) is 7.43. The molecule has 0 bridgehead atoms. The summed E-state index contributed by atoms with van der Waals surface area (Å²) in [5.74, 6) is 0.561. The van der Waals surface area contributed by atoms with Gasteiger partial charge in [0.05, 0.1) is 0 Å². The molecule has 1 rings (SSSR count). The van der Waals surface area contributed by atoms with Crippen LogP contribution in [0.5, 0.6) is 0 Å². The highest BCUT2D eigenvalue weighted by molar-refractivity contribution is 5.74. The molecule has 0 aromatic carbocycles. The van der Waals surface area contributed by atoms with Crippen LogP contribution < -0.4 is 16.4 Å². The summed E-state index contributed by atoms with van der Waals surface area (Å²) in [4.78, 5) is 11.6. The third kappa shape index (κ3) is 4.39. The lowest BCUT2D eigenvalue weighted by molar-refractivity contribution is 0.227. The van der Waals surface area contributed by atoms with Gasteiger partial charge >= 0.3 is 6.03 Å². The van der Waals surface area contributed by atoms with E-state index in [0.717, 1.165) is 32.2 Å². The molecule has 0 spiro atoms. The van der Waals surface area contributed by atoms with E-state index in [1.54, 1.807) is 0 Å². The second-order valence-corrected chi connectivity index (χ2v) is 5.51. The molecule has 0 aliphatic heterocycles. The first kappa shape index (κ1) is 13.3. The fourth-order valence-electron chi connectivity index (χ4n) is 1.98. The number of urea groups is 1. The van der Waals surface area contributed by atoms with Gasteiger partial charge in [-0.25, -0.2) is 4.79 Å². The molecule has 1 aliphatic carbocycles. The molecular weight excluding hydrogens is 202 g/mol. The molecule has 16 heavy (non-hydrogen) atoms. The van der Waals surface area contributed by atoms with Crippen molar-refractivity contribution in [1.82, 2.24) is 10.6 Å². The van der Waals surface area contributed by atoms with Gasteiger partial charge in [-0.15, -0.1) is 0 Å². The van der Waals surface area contributed by atoms with E-state index in [1.165, 1.54) is 0 Å². The molecule has 4 N–H and O–H groups in total. The average Bonchev–Trinajstić information content (AvgIpc) is 2.61. The molecule has 0 unspecified atom stereocenters. The van der Waals surface area contributed by atoms with Crippen LogP contribution in [0.1, 0.15) is 46.5 Å². The Bertz CT molecular complexity index is 240. The minimum Gasteiger partial charge on any atom is -0.338 e. The van der Waals surface area contributed by atoms with Crippen molar-refractivity contribution in [2.45, 2.75) is 58.0 Å². The van der Waals surface area contributed by atoms with E-state index in [1.807, 2.05) is 13.8 Å². The Kier molecular flexibility index (Phi) is 4.59. The number of rotatable bonds is 4. The van der Waals surface area contributed by atoms with Crippen molar-refractivity contribution in [2.24, 2.45) is 11.7 Å². The summed E-state index contributed by atoms with van der Waals surface area (Å²) in [6.45, 7) is 6.87. The highest BCUT2D eigenvalue weighted by Crippen LogP contribution is 2.23. The highest BCUT2D eigenvalue weighted by atomic mass is 16.2. The number of amides is 2. The van der Waals surface area contributed by atoms with Crippen molar-refractivity contribution >= 4 is 6.03 Å². The standard InChI is InChI=1S/C12H25N3O/c1-4-12(2,3)15-11(16)14-8-9-5-6-10(13)7-9/h9-10H,4-8,13H2,1-3H3,(H2,14,15,16)/t9-,10+/m1/s1. The summed E-state index contributed by atoms with van der Waals surface area (Å²) in [6.07, 6.45) is 4.19. The Hall–Kier alpha value is -0.770. The van der Waals surface area contributed by atoms with E-state index >= 15 is 0 Å². The van der Waals surface area contributed by atoms with Gasteiger partial charge in [-0.3, -0.25) is 0 Å². The van der Waals surface area contributed by atoms with Crippen LogP contribution in [0.4, 0.5) is 4.79 Å². The predicted molar refractivity (Wildman–Crippen MR) is 66.2 cm³/mol. The lowest BCUT2D eigenvalue weighted by Crippen LogP contribution is -2.48. The van der Waals surface area contributed by atoms with E-state index in [-0.39, 0.29) is 11.6 Å². The van der Waals surface area contributed by atoms with Crippen molar-refractivity contribution in [3.05, 3.63) is 0 Å². The van der Waals surface area contributed by atoms with E-state index in [2.05, 4.69) is 17.6 Å². The Labute approximate surface area is 98.3 Å². The van der Waals surface area contributed by atoms with Gasteiger partial charge in [0.15, 0.2) is 0 Å². The lowest BCUT2D eigenvalue weighted by Gasteiger charge is -2.25. The number of hydrogen-bond acceptors (Lipinski definition) is 2. The van der Waals surface area contributed by atoms with Crippen LogP contribution in [0.25, 0.3) is 0 Å². The summed E-state index contributed by atoms with van der Waals surface area (Å²) in [5, 5.41) is 5.89. The SMILES string of the molecule is CCC(C)(C)NC(=O)NC[C@@H]1CC[C@H](N)C1. The maximum atomic E-state index is 11.6. The van der Waals surface area contributed by atoms with Gasteiger partial charge in [0.2, 0.25) is 0 Å². The predicted octanol–water partition coefficient (Wildman–Crippen LogP) is 1.60. The van der Waals surface area contributed by atoms with Gasteiger partial charge in [0, 0.05) is 18.1 Å². The largest absolute Gasteiger partial charge is 0.338 e. The number of carbonyl (C=O) groups excluding carboxylic acids is 1. The van der Waals surface area contributed by atoms with Crippen molar-refractivity contribution in [1.29, 1.82) is 0 Å². The molecule has 0 heterocycles. The Morgan fingerprint density at radius 3 is 2.62 bits per heavy atom. The molecule has 4 heteroatoms. The fourth-order valence-corrected chi connectivity index (χ4v) is 1.98. The lowest BCUT2D eigenvalue weighted by atomic mass is 10.0. The number of nitrogens with one attached hydrogen (secondary N) is 2. The van der Waals surface area contributed by atoms with Gasteiger partial charge in [-0.2, -0.15) is 0 Å². The van der Waals surface area contributed by atoms with Crippen LogP contribution in [0, 0.1) is 5.92 Å². The van der Waals surface area contributed by atoms with Crippen LogP contribution in [-0.4, -0.2) is 24.2 Å². The number of hydrogen-bond donors (Lipinski definition) is 3. The molecule has 1 aliphatic rings. The third-order valence-electron chi connectivity index (χ3n) is 3.47. The van der Waals surface area contributed by atoms with Gasteiger partial charge in [-0.05, 0) is 45.4 Å². The topological polar surface area (TPSA) is 67.2 Å². The molecule has 1 saturated carbocycles. The zero-order chi connectivity index (χ0) is 12.2. The van der Waals surface area contributed by atoms with E-state index < -0.39 is 0 Å². The average molecular weight is 227 g/mol. The summed E-state index contributed by atoms with van der Waals surface area (Å²) in [5.41, 5.74) is 5.70. The monoisotopic (exact) mass is 227 g/mol. The van der Waals surface area contributed by atoms with Crippen molar-refractivity contribution in [3.8, 4) is 0 Å². The molecule has 0 aromatic rings. The summed E-state index contributed by atoms with van der Waals surface area (Å²) in [7, 11) is 0. The maximum absolute atomic E-state index is 11.6. The molecule has 1 fully saturated rings. The quantitative estimate of drug-likeness (QED) is 0.683. The van der Waals surface area contributed by atoms with Crippen LogP contribution in [0.2, 0.25) is 0 Å². The zero-order valence-corrected chi connectivity index (χ0v) is 10.7. The molecule has 0 aromatic heterocycles. The number of nitrogens with two attached hydrogens (primary N) is 1. The van der Waals surface area contributed by atoms with E-state index in [0.29, 0.717) is 12.0 Å². The normalized spacial score (nSPS) is 25.5. The Morgan fingerprint density at radius 1 is 1.44 bits per heavy atom. The molecule has 0 saturated heterocycles. The number of carbonyl (C=O) groups is 1. The second-order valence-electron chi connectivity index (χ2n) is 5.51. The van der Waals surface area contributed by atoms with Crippen LogP contribution in [-0.2, 0) is 0 Å². The van der Waals surface area contributed by atoms with Gasteiger partial charge < -0.3 is 16.4 Å². The first-order valence-corrected chi connectivity index (χ1v) is 6.24. The first-order valence-electron chi connectivity index (χ1n) is 6.24. The third-order valence-corrected chi connectivity index (χ3v) is 3.47. The highest BCUT2D eigenvalue weighted by Gasteiger charge is 2.23. The van der Waals surface area contributed by atoms with Gasteiger partial charge in [0.1, 0.15) is 0 Å². The Balaban J connectivity index is 2.20.